The monoisotopic (exact) mass is 293 g/mol. The zero-order valence-electron chi connectivity index (χ0n) is 11.8. The van der Waals surface area contributed by atoms with E-state index in [1.165, 1.54) is 0 Å². The van der Waals surface area contributed by atoms with Gasteiger partial charge in [-0.05, 0) is 0 Å². The molecule has 1 rings (SSSR count). The van der Waals surface area contributed by atoms with Crippen molar-refractivity contribution < 1.29 is 19.5 Å². The number of nitrogens with zero attached hydrogens (tertiary/aromatic N) is 1. The number of nitro benzene ring substituents is 1. The van der Waals surface area contributed by atoms with Crippen molar-refractivity contribution in [1.82, 2.24) is 5.32 Å². The molecule has 0 saturated heterocycles. The summed E-state index contributed by atoms with van der Waals surface area (Å²) in [5, 5.41) is 25.4. The minimum absolute atomic E-state index is 0.0765. The quantitative estimate of drug-likeness (QED) is 0.366. The van der Waals surface area contributed by atoms with Crippen LogP contribution in [-0.4, -0.2) is 42.2 Å². The summed E-state index contributed by atoms with van der Waals surface area (Å²) in [4.78, 5) is 21.6. The Morgan fingerprint density at radius 2 is 2.14 bits per heavy atom. The first-order valence-corrected chi connectivity index (χ1v) is 6.26. The molecule has 0 radical (unpaired) electrons. The summed E-state index contributed by atoms with van der Waals surface area (Å²) in [6, 6.07) is 2.25. The van der Waals surface area contributed by atoms with Gasteiger partial charge in [0.25, 0.3) is 0 Å². The predicted molar refractivity (Wildman–Crippen MR) is 76.9 cm³/mol. The Labute approximate surface area is 121 Å². The second kappa shape index (κ2) is 7.48. The van der Waals surface area contributed by atoms with Crippen LogP contribution in [0.2, 0.25) is 0 Å². The summed E-state index contributed by atoms with van der Waals surface area (Å²) >= 11 is 0. The van der Waals surface area contributed by atoms with E-state index in [0.717, 1.165) is 5.56 Å². The van der Waals surface area contributed by atoms with Crippen LogP contribution in [0.4, 0.5) is 11.4 Å². The number of carbonyl (C=O) groups is 1. The van der Waals surface area contributed by atoms with E-state index in [2.05, 4.69) is 10.6 Å². The molecule has 112 valence electrons. The Morgan fingerprint density at radius 3 is 2.67 bits per heavy atom. The van der Waals surface area contributed by atoms with Gasteiger partial charge in [0.2, 0.25) is 0 Å². The molecule has 0 spiro atoms. The summed E-state index contributed by atoms with van der Waals surface area (Å²) < 4.78 is 10.3. The number of rotatable bonds is 8. The average Bonchev–Trinajstić information content (AvgIpc) is 2.36. The van der Waals surface area contributed by atoms with Crippen LogP contribution in [0.1, 0.15) is 11.1 Å². The van der Waals surface area contributed by atoms with E-state index in [1.54, 1.807) is 26.0 Å². The molecule has 3 N–H and O–H groups in total. The van der Waals surface area contributed by atoms with E-state index in [9.17, 15) is 19.6 Å². The van der Waals surface area contributed by atoms with Crippen molar-refractivity contribution in [2.24, 2.45) is 0 Å². The molecule has 1 atom stereocenters. The van der Waals surface area contributed by atoms with Gasteiger partial charge >= 0.3 is 121 Å². The molecule has 8 nitrogen and oxygen atoms in total. The molecule has 9 heteroatoms. The molecule has 0 amide bonds. The maximum atomic E-state index is 11.1. The van der Waals surface area contributed by atoms with Gasteiger partial charge in [-0.1, -0.05) is 0 Å². The molecule has 0 aliphatic rings. The molecule has 1 aromatic rings. The van der Waals surface area contributed by atoms with Gasteiger partial charge in [0, 0.05) is 0 Å². The number of hydrogen-bond acceptors (Lipinski definition) is 6. The van der Waals surface area contributed by atoms with Crippen LogP contribution >= 0.6 is 0 Å². The van der Waals surface area contributed by atoms with Gasteiger partial charge in [0.15, 0.2) is 0 Å². The van der Waals surface area contributed by atoms with Crippen LogP contribution in [0, 0.1) is 24.0 Å². The van der Waals surface area contributed by atoms with Gasteiger partial charge in [0.1, 0.15) is 0 Å². The number of aryl methyl sites for hydroxylation is 2. The molecule has 0 aromatic heterocycles. The van der Waals surface area contributed by atoms with E-state index < -0.39 is 16.9 Å². The van der Waals surface area contributed by atoms with Gasteiger partial charge in [-0.3, -0.25) is 0 Å². The van der Waals surface area contributed by atoms with E-state index in [0.29, 0.717) is 12.7 Å². The van der Waals surface area contributed by atoms with Crippen molar-refractivity contribution in [2.45, 2.75) is 19.9 Å². The molecule has 0 bridgehead atoms. The van der Waals surface area contributed by atoms with Crippen molar-refractivity contribution in [1.29, 1.82) is 0 Å². The van der Waals surface area contributed by atoms with Gasteiger partial charge in [-0.2, -0.15) is 0 Å². The Bertz CT molecular complexity index is 564. The van der Waals surface area contributed by atoms with Crippen molar-refractivity contribution in [3.63, 3.8) is 0 Å². The van der Waals surface area contributed by atoms with Crippen molar-refractivity contribution in [3.05, 3.63) is 33.4 Å². The fraction of sp³-hybridized carbons (Fsp3) is 0.417. The molecule has 21 heavy (non-hydrogen) atoms. The van der Waals surface area contributed by atoms with Crippen LogP contribution in [0.15, 0.2) is 12.1 Å². The zero-order chi connectivity index (χ0) is 16.0. The summed E-state index contributed by atoms with van der Waals surface area (Å²) in [6.07, 6.45) is -0.104. The molecule has 0 saturated carbocycles. The topological polar surface area (TPSA) is 122 Å². The number of benzene rings is 1. The number of hydrogen-bond donors (Lipinski definition) is 3. The number of nitro groups is 1. The molecule has 0 fully saturated rings. The van der Waals surface area contributed by atoms with Crippen LogP contribution in [-0.2, 0) is 9.50 Å². The normalized spacial score (nSPS) is 11.5. The number of aliphatic carboxylic acids is 1. The molecule has 0 unspecified atom stereocenters. The first-order chi connectivity index (χ1) is 9.86. The van der Waals surface area contributed by atoms with Crippen molar-refractivity contribution >= 4 is 24.5 Å². The second-order valence-corrected chi connectivity index (χ2v) is 4.58. The van der Waals surface area contributed by atoms with Crippen LogP contribution in [0.3, 0.4) is 0 Å². The molecule has 1 aromatic carbocycles. The van der Waals surface area contributed by atoms with Crippen LogP contribution < -0.4 is 10.6 Å². The van der Waals surface area contributed by atoms with Gasteiger partial charge in [-0.15, -0.1) is 0 Å². The maximum absolute atomic E-state index is 11.1. The number of nitrogens with one attached hydrogen (secondary N) is 2. The summed E-state index contributed by atoms with van der Waals surface area (Å²) in [5.41, 5.74) is 1.50. The van der Waals surface area contributed by atoms with E-state index >= 15 is 0 Å². The predicted octanol–water partition coefficient (Wildman–Crippen LogP) is 0.674. The van der Waals surface area contributed by atoms with Gasteiger partial charge in [0.05, 0.1) is 0 Å². The van der Waals surface area contributed by atoms with Crippen LogP contribution in [0.5, 0.6) is 0 Å². The second-order valence-electron chi connectivity index (χ2n) is 4.58. The Kier molecular flexibility index (Phi) is 5.98. The van der Waals surface area contributed by atoms with Gasteiger partial charge < -0.3 is 0 Å². The summed E-state index contributed by atoms with van der Waals surface area (Å²) in [7, 11) is 0.551. The third kappa shape index (κ3) is 4.64. The number of carboxylic acids is 1. The van der Waals surface area contributed by atoms with Crippen molar-refractivity contribution in [2.75, 3.05) is 18.3 Å². The Hall–Kier alpha value is -2.29. The zero-order valence-corrected chi connectivity index (χ0v) is 11.8. The molecule has 0 aliphatic carbocycles. The number of carboxylic acid groups (broad SMARTS) is 1. The molecule has 0 aliphatic heterocycles. The molecular weight excluding hydrogens is 277 g/mol. The Balaban J connectivity index is 2.93. The number of anilines is 1. The SMILES string of the molecule is Cc1cc(C)c([N+](=O)[O-])c(NC[C@H](NCB=O)C(=O)O)c1. The van der Waals surface area contributed by atoms with Crippen LogP contribution in [0.25, 0.3) is 0 Å². The standard InChI is InChI=1S/C12H16BN3O5/c1-7-3-8(2)11(16(20)21)9(4-7)14-5-10(12(17)18)15-6-13-19/h3-4,10,14-15H,5-6H2,1-2H3,(H,17,18)/t10-/m0/s1. The fourth-order valence-corrected chi connectivity index (χ4v) is 1.99. The summed E-state index contributed by atoms with van der Waals surface area (Å²) in [6.45, 7) is 3.34. The Morgan fingerprint density at radius 1 is 1.48 bits per heavy atom. The molecule has 0 heterocycles. The van der Waals surface area contributed by atoms with Crippen molar-refractivity contribution in [3.8, 4) is 0 Å². The average molecular weight is 293 g/mol. The molecular formula is C12H16BN3O5. The first-order valence-electron chi connectivity index (χ1n) is 6.26. The third-order valence-corrected chi connectivity index (χ3v) is 2.87. The van der Waals surface area contributed by atoms with Gasteiger partial charge in [-0.25, -0.2) is 0 Å². The fourth-order valence-electron chi connectivity index (χ4n) is 1.99. The summed E-state index contributed by atoms with van der Waals surface area (Å²) in [5.74, 6) is -1.14. The van der Waals surface area contributed by atoms with E-state index in [-0.39, 0.29) is 24.4 Å². The van der Waals surface area contributed by atoms with E-state index in [4.69, 9.17) is 5.11 Å². The third-order valence-electron chi connectivity index (χ3n) is 2.87. The van der Waals surface area contributed by atoms with E-state index in [1.807, 2.05) is 0 Å². The first kappa shape index (κ1) is 16.8. The minimum atomic E-state index is -1.14.